The zero-order chi connectivity index (χ0) is 10.7. The summed E-state index contributed by atoms with van der Waals surface area (Å²) in [5.41, 5.74) is 1.23. The highest BCUT2D eigenvalue weighted by molar-refractivity contribution is 5.67. The largest absolute Gasteiger partial charge is 0.481 e. The molecule has 1 aromatic rings. The normalized spacial score (nSPS) is 17.3. The molecule has 0 aliphatic carbocycles. The minimum absolute atomic E-state index is 0.298. The number of pyridine rings is 1. The summed E-state index contributed by atoms with van der Waals surface area (Å²) >= 11 is 0. The van der Waals surface area contributed by atoms with Gasteiger partial charge in [0.25, 0.3) is 0 Å². The maximum absolute atomic E-state index is 10.4. The first-order valence-electron chi connectivity index (χ1n) is 5.07. The smallest absolute Gasteiger partial charge is 0.303 e. The quantitative estimate of drug-likeness (QED) is 0.798. The van der Waals surface area contributed by atoms with E-state index in [0.717, 1.165) is 19.6 Å². The Kier molecular flexibility index (Phi) is 2.97. The van der Waals surface area contributed by atoms with Crippen LogP contribution < -0.4 is 0 Å². The summed E-state index contributed by atoms with van der Waals surface area (Å²) in [5, 5.41) is 8.60. The highest BCUT2D eigenvalue weighted by atomic mass is 16.4. The van der Waals surface area contributed by atoms with E-state index in [1.807, 2.05) is 12.1 Å². The molecule has 0 atom stereocenters. The van der Waals surface area contributed by atoms with Crippen molar-refractivity contribution >= 4 is 5.97 Å². The maximum atomic E-state index is 10.4. The summed E-state index contributed by atoms with van der Waals surface area (Å²) in [6.07, 6.45) is 3.86. The fraction of sp³-hybridized carbons (Fsp3) is 0.455. The van der Waals surface area contributed by atoms with E-state index in [9.17, 15) is 4.79 Å². The van der Waals surface area contributed by atoms with Crippen molar-refractivity contribution in [3.63, 3.8) is 0 Å². The summed E-state index contributed by atoms with van der Waals surface area (Å²) < 4.78 is 0. The van der Waals surface area contributed by atoms with Gasteiger partial charge in [0, 0.05) is 32.0 Å². The van der Waals surface area contributed by atoms with E-state index in [0.29, 0.717) is 12.3 Å². The Hall–Kier alpha value is -1.42. The van der Waals surface area contributed by atoms with Gasteiger partial charge in [0.1, 0.15) is 0 Å². The average molecular weight is 206 g/mol. The predicted octanol–water partition coefficient (Wildman–Crippen LogP) is 0.988. The van der Waals surface area contributed by atoms with Crippen LogP contribution in [0.2, 0.25) is 0 Å². The summed E-state index contributed by atoms with van der Waals surface area (Å²) in [6, 6.07) is 3.98. The molecule has 4 nitrogen and oxygen atoms in total. The molecule has 1 N–H and O–H groups in total. The minimum atomic E-state index is -0.691. The van der Waals surface area contributed by atoms with Crippen molar-refractivity contribution in [3.05, 3.63) is 30.1 Å². The number of likely N-dealkylation sites (tertiary alicyclic amines) is 1. The van der Waals surface area contributed by atoms with Crippen LogP contribution in [-0.4, -0.2) is 34.0 Å². The Morgan fingerprint density at radius 2 is 2.13 bits per heavy atom. The van der Waals surface area contributed by atoms with Gasteiger partial charge >= 0.3 is 5.97 Å². The molecule has 1 aliphatic heterocycles. The van der Waals surface area contributed by atoms with Crippen molar-refractivity contribution in [1.29, 1.82) is 0 Å². The van der Waals surface area contributed by atoms with E-state index in [1.54, 1.807) is 12.4 Å². The summed E-state index contributed by atoms with van der Waals surface area (Å²) in [7, 11) is 0. The van der Waals surface area contributed by atoms with E-state index in [2.05, 4.69) is 9.88 Å². The van der Waals surface area contributed by atoms with Gasteiger partial charge < -0.3 is 5.11 Å². The molecule has 2 heterocycles. The molecule has 1 aromatic heterocycles. The van der Waals surface area contributed by atoms with Gasteiger partial charge in [-0.25, -0.2) is 0 Å². The van der Waals surface area contributed by atoms with Crippen LogP contribution in [-0.2, 0) is 11.3 Å². The van der Waals surface area contributed by atoms with Gasteiger partial charge in [0.05, 0.1) is 6.42 Å². The van der Waals surface area contributed by atoms with E-state index in [4.69, 9.17) is 5.11 Å². The number of carboxylic acid groups (broad SMARTS) is 1. The highest BCUT2D eigenvalue weighted by Crippen LogP contribution is 2.20. The predicted molar refractivity (Wildman–Crippen MR) is 55.3 cm³/mol. The Bertz CT molecular complexity index is 334. The molecule has 0 amide bonds. The third-order valence-corrected chi connectivity index (χ3v) is 2.65. The number of aliphatic carboxylic acids is 1. The molecule has 1 fully saturated rings. The Morgan fingerprint density at radius 1 is 1.47 bits per heavy atom. The molecule has 15 heavy (non-hydrogen) atoms. The SMILES string of the molecule is O=C(O)CC1CN(Cc2ccncc2)C1. The van der Waals surface area contributed by atoms with Crippen molar-refractivity contribution in [3.8, 4) is 0 Å². The summed E-state index contributed by atoms with van der Waals surface area (Å²) in [6.45, 7) is 2.70. The molecule has 4 heteroatoms. The first-order valence-corrected chi connectivity index (χ1v) is 5.07. The van der Waals surface area contributed by atoms with Crippen molar-refractivity contribution in [1.82, 2.24) is 9.88 Å². The van der Waals surface area contributed by atoms with E-state index in [1.165, 1.54) is 5.56 Å². The minimum Gasteiger partial charge on any atom is -0.481 e. The second-order valence-corrected chi connectivity index (χ2v) is 4.01. The van der Waals surface area contributed by atoms with Crippen LogP contribution in [0.3, 0.4) is 0 Å². The lowest BCUT2D eigenvalue weighted by atomic mass is 9.96. The average Bonchev–Trinajstić information content (AvgIpc) is 2.15. The number of hydrogen-bond acceptors (Lipinski definition) is 3. The van der Waals surface area contributed by atoms with Gasteiger partial charge in [-0.2, -0.15) is 0 Å². The molecule has 80 valence electrons. The highest BCUT2D eigenvalue weighted by Gasteiger charge is 2.28. The number of carbonyl (C=O) groups is 1. The zero-order valence-electron chi connectivity index (χ0n) is 8.47. The Balaban J connectivity index is 1.74. The van der Waals surface area contributed by atoms with Crippen molar-refractivity contribution < 1.29 is 9.90 Å². The molecular formula is C11H14N2O2. The molecular weight excluding hydrogens is 192 g/mol. The van der Waals surface area contributed by atoms with E-state index < -0.39 is 5.97 Å². The van der Waals surface area contributed by atoms with Crippen LogP contribution in [0.4, 0.5) is 0 Å². The molecule has 2 rings (SSSR count). The van der Waals surface area contributed by atoms with Gasteiger partial charge in [-0.15, -0.1) is 0 Å². The van der Waals surface area contributed by atoms with Gasteiger partial charge in [-0.1, -0.05) is 0 Å². The number of nitrogens with zero attached hydrogens (tertiary/aromatic N) is 2. The lowest BCUT2D eigenvalue weighted by molar-refractivity contribution is -0.139. The van der Waals surface area contributed by atoms with E-state index in [-0.39, 0.29) is 0 Å². The van der Waals surface area contributed by atoms with Gasteiger partial charge in [0.2, 0.25) is 0 Å². The topological polar surface area (TPSA) is 53.4 Å². The molecule has 0 saturated carbocycles. The molecule has 1 saturated heterocycles. The summed E-state index contributed by atoms with van der Waals surface area (Å²) in [4.78, 5) is 16.6. The van der Waals surface area contributed by atoms with Crippen molar-refractivity contribution in [2.45, 2.75) is 13.0 Å². The number of carboxylic acids is 1. The monoisotopic (exact) mass is 206 g/mol. The first kappa shape index (κ1) is 10.1. The third-order valence-electron chi connectivity index (χ3n) is 2.65. The zero-order valence-corrected chi connectivity index (χ0v) is 8.47. The molecule has 0 unspecified atom stereocenters. The molecule has 1 aliphatic rings. The molecule has 0 radical (unpaired) electrons. The van der Waals surface area contributed by atoms with Crippen LogP contribution >= 0.6 is 0 Å². The fourth-order valence-electron chi connectivity index (χ4n) is 1.93. The lowest BCUT2D eigenvalue weighted by Crippen LogP contribution is -2.46. The Labute approximate surface area is 88.6 Å². The fourth-order valence-corrected chi connectivity index (χ4v) is 1.93. The van der Waals surface area contributed by atoms with Crippen molar-refractivity contribution in [2.24, 2.45) is 5.92 Å². The van der Waals surface area contributed by atoms with Gasteiger partial charge in [-0.05, 0) is 23.6 Å². The number of aromatic nitrogens is 1. The molecule has 0 aromatic carbocycles. The van der Waals surface area contributed by atoms with Crippen LogP contribution in [0.1, 0.15) is 12.0 Å². The molecule has 0 bridgehead atoms. The molecule has 0 spiro atoms. The van der Waals surface area contributed by atoms with Crippen LogP contribution in [0.25, 0.3) is 0 Å². The summed E-state index contributed by atoms with van der Waals surface area (Å²) in [5.74, 6) is -0.354. The van der Waals surface area contributed by atoms with Crippen LogP contribution in [0.15, 0.2) is 24.5 Å². The second-order valence-electron chi connectivity index (χ2n) is 4.01. The number of hydrogen-bond donors (Lipinski definition) is 1. The van der Waals surface area contributed by atoms with Crippen LogP contribution in [0.5, 0.6) is 0 Å². The first-order chi connectivity index (χ1) is 7.24. The second kappa shape index (κ2) is 4.40. The Morgan fingerprint density at radius 3 is 2.73 bits per heavy atom. The maximum Gasteiger partial charge on any atom is 0.303 e. The third kappa shape index (κ3) is 2.76. The van der Waals surface area contributed by atoms with Gasteiger partial charge in [0.15, 0.2) is 0 Å². The van der Waals surface area contributed by atoms with E-state index >= 15 is 0 Å². The number of rotatable bonds is 4. The lowest BCUT2D eigenvalue weighted by Gasteiger charge is -2.38. The van der Waals surface area contributed by atoms with Crippen LogP contribution in [0, 0.1) is 5.92 Å². The van der Waals surface area contributed by atoms with Crippen molar-refractivity contribution in [2.75, 3.05) is 13.1 Å². The standard InChI is InChI=1S/C11H14N2O2/c14-11(15)5-10-7-13(8-10)6-9-1-3-12-4-2-9/h1-4,10H,5-8H2,(H,14,15). The van der Waals surface area contributed by atoms with Gasteiger partial charge in [-0.3, -0.25) is 14.7 Å².